The van der Waals surface area contributed by atoms with Gasteiger partial charge in [0, 0.05) is 13.2 Å². The van der Waals surface area contributed by atoms with E-state index in [4.69, 9.17) is 15.2 Å². The molecule has 3 N–H and O–H groups in total. The number of anilines is 2. The van der Waals surface area contributed by atoms with E-state index in [0.717, 1.165) is 37.4 Å². The fraction of sp³-hybridized carbons (Fsp3) is 0.571. The molecule has 4 nitrogen and oxygen atoms in total. The summed E-state index contributed by atoms with van der Waals surface area (Å²) in [5.74, 6) is 0.738. The highest BCUT2D eigenvalue weighted by Crippen LogP contribution is 2.30. The number of ether oxygens (including phenoxy) is 2. The van der Waals surface area contributed by atoms with Crippen LogP contribution in [-0.2, 0) is 4.74 Å². The Balaban J connectivity index is 1.98. The number of nitrogen functional groups attached to an aromatic ring is 1. The molecular weight excluding hydrogens is 228 g/mol. The second-order valence-electron chi connectivity index (χ2n) is 4.90. The van der Waals surface area contributed by atoms with Crippen molar-refractivity contribution in [3.8, 4) is 5.75 Å². The average molecular weight is 250 g/mol. The lowest BCUT2D eigenvalue weighted by Gasteiger charge is -2.17. The molecule has 1 saturated heterocycles. The first-order valence-corrected chi connectivity index (χ1v) is 6.57. The van der Waals surface area contributed by atoms with Crippen LogP contribution in [0, 0.1) is 0 Å². The molecular formula is C14H22N2O2. The van der Waals surface area contributed by atoms with Crippen LogP contribution in [0.3, 0.4) is 0 Å². The summed E-state index contributed by atoms with van der Waals surface area (Å²) in [6, 6.07) is 5.82. The normalized spacial score (nSPS) is 19.2. The Kier molecular flexibility index (Phi) is 4.31. The molecule has 0 saturated carbocycles. The standard InChI is InChI=1S/C14H22N2O2/c1-10(2)18-13-7-3-6-12(14(13)15)16-9-11-5-4-8-17-11/h3,6-7,10-11,16H,4-5,8-9,15H2,1-2H3. The molecule has 1 heterocycles. The predicted octanol–water partition coefficient (Wildman–Crippen LogP) is 2.65. The van der Waals surface area contributed by atoms with E-state index in [1.54, 1.807) is 0 Å². The molecule has 0 amide bonds. The first-order chi connectivity index (χ1) is 8.66. The third-order valence-corrected chi connectivity index (χ3v) is 2.97. The van der Waals surface area contributed by atoms with E-state index in [0.29, 0.717) is 11.8 Å². The number of nitrogens with one attached hydrogen (secondary N) is 1. The topological polar surface area (TPSA) is 56.5 Å². The van der Waals surface area contributed by atoms with Gasteiger partial charge in [-0.3, -0.25) is 0 Å². The third-order valence-electron chi connectivity index (χ3n) is 2.97. The second-order valence-corrected chi connectivity index (χ2v) is 4.90. The molecule has 2 rings (SSSR count). The molecule has 1 aliphatic heterocycles. The van der Waals surface area contributed by atoms with Crippen LogP contribution in [0.25, 0.3) is 0 Å². The minimum atomic E-state index is 0.126. The van der Waals surface area contributed by atoms with Gasteiger partial charge in [0.2, 0.25) is 0 Å². The first-order valence-electron chi connectivity index (χ1n) is 6.57. The zero-order chi connectivity index (χ0) is 13.0. The van der Waals surface area contributed by atoms with Crippen LogP contribution in [0.4, 0.5) is 11.4 Å². The molecule has 1 fully saturated rings. The van der Waals surface area contributed by atoms with Gasteiger partial charge >= 0.3 is 0 Å². The number of benzene rings is 1. The molecule has 18 heavy (non-hydrogen) atoms. The summed E-state index contributed by atoms with van der Waals surface area (Å²) in [5, 5.41) is 3.34. The van der Waals surface area contributed by atoms with Crippen molar-refractivity contribution in [1.82, 2.24) is 0 Å². The summed E-state index contributed by atoms with van der Waals surface area (Å²) in [6.07, 6.45) is 2.70. The minimum absolute atomic E-state index is 0.126. The molecule has 1 aromatic rings. The van der Waals surface area contributed by atoms with Crippen LogP contribution in [0.5, 0.6) is 5.75 Å². The fourth-order valence-corrected chi connectivity index (χ4v) is 2.08. The van der Waals surface area contributed by atoms with Crippen molar-refractivity contribution in [3.05, 3.63) is 18.2 Å². The van der Waals surface area contributed by atoms with Gasteiger partial charge in [0.25, 0.3) is 0 Å². The molecule has 0 radical (unpaired) electrons. The van der Waals surface area contributed by atoms with Crippen molar-refractivity contribution in [2.45, 2.75) is 38.9 Å². The smallest absolute Gasteiger partial charge is 0.144 e. The summed E-state index contributed by atoms with van der Waals surface area (Å²) in [5.41, 5.74) is 7.68. The quantitative estimate of drug-likeness (QED) is 0.789. The maximum atomic E-state index is 6.09. The number of hydrogen-bond donors (Lipinski definition) is 2. The van der Waals surface area contributed by atoms with Gasteiger partial charge in [0.05, 0.1) is 23.6 Å². The van der Waals surface area contributed by atoms with Gasteiger partial charge in [-0.2, -0.15) is 0 Å². The first kappa shape index (κ1) is 13.0. The van der Waals surface area contributed by atoms with E-state index >= 15 is 0 Å². The van der Waals surface area contributed by atoms with Gasteiger partial charge in [-0.25, -0.2) is 0 Å². The van der Waals surface area contributed by atoms with E-state index in [9.17, 15) is 0 Å². The monoisotopic (exact) mass is 250 g/mol. The highest BCUT2D eigenvalue weighted by Gasteiger charge is 2.16. The zero-order valence-corrected chi connectivity index (χ0v) is 11.1. The Morgan fingerprint density at radius 3 is 3.00 bits per heavy atom. The largest absolute Gasteiger partial charge is 0.489 e. The van der Waals surface area contributed by atoms with Crippen LogP contribution < -0.4 is 15.8 Å². The fourth-order valence-electron chi connectivity index (χ4n) is 2.08. The Morgan fingerprint density at radius 2 is 2.33 bits per heavy atom. The molecule has 1 unspecified atom stereocenters. The van der Waals surface area contributed by atoms with Crippen molar-refractivity contribution in [1.29, 1.82) is 0 Å². The van der Waals surface area contributed by atoms with Crippen molar-refractivity contribution >= 4 is 11.4 Å². The van der Waals surface area contributed by atoms with Crippen LogP contribution in [0.2, 0.25) is 0 Å². The molecule has 1 aromatic carbocycles. The van der Waals surface area contributed by atoms with Crippen LogP contribution in [0.15, 0.2) is 18.2 Å². The van der Waals surface area contributed by atoms with Crippen molar-refractivity contribution in [2.75, 3.05) is 24.2 Å². The molecule has 1 atom stereocenters. The highest BCUT2D eigenvalue weighted by molar-refractivity contribution is 5.72. The molecule has 0 aliphatic carbocycles. The van der Waals surface area contributed by atoms with Crippen LogP contribution in [-0.4, -0.2) is 25.4 Å². The van der Waals surface area contributed by atoms with Crippen molar-refractivity contribution in [2.24, 2.45) is 0 Å². The predicted molar refractivity (Wildman–Crippen MR) is 74.1 cm³/mol. The minimum Gasteiger partial charge on any atom is -0.489 e. The van der Waals surface area contributed by atoms with E-state index in [-0.39, 0.29) is 6.10 Å². The van der Waals surface area contributed by atoms with Gasteiger partial charge in [0.1, 0.15) is 5.75 Å². The van der Waals surface area contributed by atoms with Gasteiger partial charge in [0.15, 0.2) is 0 Å². The Morgan fingerprint density at radius 1 is 1.50 bits per heavy atom. The lowest BCUT2D eigenvalue weighted by atomic mass is 10.2. The molecule has 0 bridgehead atoms. The molecule has 4 heteroatoms. The summed E-state index contributed by atoms with van der Waals surface area (Å²) in [6.45, 7) is 5.66. The number of para-hydroxylation sites is 1. The molecule has 0 aromatic heterocycles. The van der Waals surface area contributed by atoms with E-state index < -0.39 is 0 Å². The number of hydrogen-bond acceptors (Lipinski definition) is 4. The molecule has 1 aliphatic rings. The second kappa shape index (κ2) is 5.96. The molecule has 0 spiro atoms. The number of rotatable bonds is 5. The lowest BCUT2D eigenvalue weighted by molar-refractivity contribution is 0.120. The van der Waals surface area contributed by atoms with E-state index in [2.05, 4.69) is 5.32 Å². The maximum absolute atomic E-state index is 6.09. The van der Waals surface area contributed by atoms with Gasteiger partial charge in [-0.05, 0) is 38.8 Å². The number of nitrogens with two attached hydrogens (primary N) is 1. The summed E-state index contributed by atoms with van der Waals surface area (Å²) in [7, 11) is 0. The van der Waals surface area contributed by atoms with Crippen LogP contribution >= 0.6 is 0 Å². The summed E-state index contributed by atoms with van der Waals surface area (Å²) < 4.78 is 11.2. The van der Waals surface area contributed by atoms with Crippen molar-refractivity contribution < 1.29 is 9.47 Å². The Hall–Kier alpha value is -1.42. The maximum Gasteiger partial charge on any atom is 0.144 e. The van der Waals surface area contributed by atoms with E-state index in [1.807, 2.05) is 32.0 Å². The SMILES string of the molecule is CC(C)Oc1cccc(NCC2CCCO2)c1N. The summed E-state index contributed by atoms with van der Waals surface area (Å²) in [4.78, 5) is 0. The van der Waals surface area contributed by atoms with E-state index in [1.165, 1.54) is 0 Å². The molecule has 100 valence electrons. The Labute approximate surface area is 108 Å². The van der Waals surface area contributed by atoms with Gasteiger partial charge in [-0.15, -0.1) is 0 Å². The summed E-state index contributed by atoms with van der Waals surface area (Å²) >= 11 is 0. The van der Waals surface area contributed by atoms with Gasteiger partial charge < -0.3 is 20.5 Å². The lowest BCUT2D eigenvalue weighted by Crippen LogP contribution is -2.19. The average Bonchev–Trinajstić information content (AvgIpc) is 2.83. The third kappa shape index (κ3) is 3.29. The zero-order valence-electron chi connectivity index (χ0n) is 11.1. The van der Waals surface area contributed by atoms with Gasteiger partial charge in [-0.1, -0.05) is 6.07 Å². The van der Waals surface area contributed by atoms with Crippen LogP contribution in [0.1, 0.15) is 26.7 Å². The highest BCUT2D eigenvalue weighted by atomic mass is 16.5. The van der Waals surface area contributed by atoms with Crippen molar-refractivity contribution in [3.63, 3.8) is 0 Å². The Bertz CT molecular complexity index is 387.